The van der Waals surface area contributed by atoms with Gasteiger partial charge in [0.2, 0.25) is 0 Å². The maximum atomic E-state index is 6.42. The first-order valence-corrected chi connectivity index (χ1v) is 10.1. The molecule has 0 spiro atoms. The van der Waals surface area contributed by atoms with Gasteiger partial charge in [-0.05, 0) is 69.9 Å². The molecule has 0 amide bonds. The topological polar surface area (TPSA) is 20.2 Å². The van der Waals surface area contributed by atoms with Gasteiger partial charge in [-0.1, -0.05) is 47.5 Å². The fourth-order valence-corrected chi connectivity index (χ4v) is 3.95. The summed E-state index contributed by atoms with van der Waals surface area (Å²) in [5.41, 5.74) is 4.96. The van der Waals surface area contributed by atoms with Gasteiger partial charge in [0.25, 0.3) is 0 Å². The minimum atomic E-state index is 0.667. The molecule has 0 saturated carbocycles. The Morgan fingerprint density at radius 3 is 2.59 bits per heavy atom. The Balaban J connectivity index is 1.84. The summed E-state index contributed by atoms with van der Waals surface area (Å²) >= 11 is 12.5. The lowest BCUT2D eigenvalue weighted by molar-refractivity contribution is 0.394. The highest BCUT2D eigenvalue weighted by atomic mass is 35.5. The van der Waals surface area contributed by atoms with Crippen LogP contribution in [0.15, 0.2) is 42.5 Å². The number of hydrogen-bond donors (Lipinski definition) is 1. The minimum Gasteiger partial charge on any atom is -0.340 e. The second-order valence-electron chi connectivity index (χ2n) is 7.24. The van der Waals surface area contributed by atoms with Crippen LogP contribution >= 0.6 is 23.2 Å². The quantitative estimate of drug-likeness (QED) is 0.511. The van der Waals surface area contributed by atoms with Crippen molar-refractivity contribution < 1.29 is 0 Å². The molecule has 0 fully saturated rings. The molecule has 0 aliphatic heterocycles. The molecule has 0 radical (unpaired) electrons. The van der Waals surface area contributed by atoms with Crippen molar-refractivity contribution >= 4 is 34.1 Å². The molecule has 3 nitrogen and oxygen atoms in total. The second kappa shape index (κ2) is 9.11. The average Bonchev–Trinajstić information content (AvgIpc) is 2.89. The van der Waals surface area contributed by atoms with E-state index in [9.17, 15) is 0 Å². The summed E-state index contributed by atoms with van der Waals surface area (Å²) in [5.74, 6) is 0. The molecule has 1 aromatic heterocycles. The largest absolute Gasteiger partial charge is 0.340 e. The molecule has 5 heteroatoms. The Kier molecular flexibility index (Phi) is 6.83. The number of para-hydroxylation sites is 1. The van der Waals surface area contributed by atoms with E-state index in [1.165, 1.54) is 22.2 Å². The van der Waals surface area contributed by atoms with Crippen molar-refractivity contribution in [2.24, 2.45) is 0 Å². The van der Waals surface area contributed by atoms with Crippen LogP contribution in [0.25, 0.3) is 10.9 Å². The lowest BCUT2D eigenvalue weighted by Gasteiger charge is -2.12. The van der Waals surface area contributed by atoms with E-state index in [1.807, 2.05) is 18.2 Å². The molecule has 0 aliphatic rings. The molecule has 3 aromatic rings. The van der Waals surface area contributed by atoms with Gasteiger partial charge in [-0.15, -0.1) is 0 Å². The molecule has 0 atom stereocenters. The smallest absolute Gasteiger partial charge is 0.0493 e. The summed E-state index contributed by atoms with van der Waals surface area (Å²) in [6, 6.07) is 14.3. The van der Waals surface area contributed by atoms with Crippen LogP contribution in [-0.4, -0.2) is 36.7 Å². The van der Waals surface area contributed by atoms with Crippen molar-refractivity contribution in [3.8, 4) is 0 Å². The van der Waals surface area contributed by atoms with Gasteiger partial charge in [0.1, 0.15) is 0 Å². The molecule has 2 aromatic carbocycles. The van der Waals surface area contributed by atoms with Crippen molar-refractivity contribution in [1.82, 2.24) is 14.8 Å². The lowest BCUT2D eigenvalue weighted by Crippen LogP contribution is -2.21. The monoisotopic (exact) mass is 403 g/mol. The molecule has 1 N–H and O–H groups in total. The molecule has 0 saturated heterocycles. The van der Waals surface area contributed by atoms with Gasteiger partial charge < -0.3 is 14.8 Å². The van der Waals surface area contributed by atoms with E-state index >= 15 is 0 Å². The zero-order valence-corrected chi connectivity index (χ0v) is 17.7. The predicted octanol–water partition coefficient (Wildman–Crippen LogP) is 5.35. The normalized spacial score (nSPS) is 11.6. The number of nitrogens with one attached hydrogen (secondary N) is 1. The van der Waals surface area contributed by atoms with Crippen molar-refractivity contribution in [1.29, 1.82) is 0 Å². The summed E-state index contributed by atoms with van der Waals surface area (Å²) in [7, 11) is 4.22. The third-order valence-corrected chi connectivity index (χ3v) is 5.55. The first kappa shape index (κ1) is 20.2. The first-order valence-electron chi connectivity index (χ1n) is 9.33. The third-order valence-electron chi connectivity index (χ3n) is 4.97. The third kappa shape index (κ3) is 4.85. The summed E-state index contributed by atoms with van der Waals surface area (Å²) in [4.78, 5) is 2.22. The maximum Gasteiger partial charge on any atom is 0.0493 e. The highest BCUT2D eigenvalue weighted by Crippen LogP contribution is 2.29. The van der Waals surface area contributed by atoms with Crippen LogP contribution in [0, 0.1) is 6.92 Å². The number of nitrogens with zero attached hydrogens (tertiary/aromatic N) is 2. The van der Waals surface area contributed by atoms with Crippen molar-refractivity contribution in [2.75, 3.05) is 27.2 Å². The maximum absolute atomic E-state index is 6.42. The molecule has 0 bridgehead atoms. The number of hydrogen-bond acceptors (Lipinski definition) is 2. The zero-order chi connectivity index (χ0) is 19.4. The molecule has 1 heterocycles. The summed E-state index contributed by atoms with van der Waals surface area (Å²) in [6.07, 6.45) is 1.14. The van der Waals surface area contributed by atoms with E-state index in [0.717, 1.165) is 38.2 Å². The molecule has 0 aliphatic carbocycles. The Bertz CT molecular complexity index is 915. The highest BCUT2D eigenvalue weighted by molar-refractivity contribution is 6.35. The molecule has 144 valence electrons. The zero-order valence-electron chi connectivity index (χ0n) is 16.2. The molecular weight excluding hydrogens is 377 g/mol. The average molecular weight is 404 g/mol. The summed E-state index contributed by atoms with van der Waals surface area (Å²) in [6.45, 7) is 5.92. The van der Waals surface area contributed by atoms with E-state index < -0.39 is 0 Å². The highest BCUT2D eigenvalue weighted by Gasteiger charge is 2.14. The van der Waals surface area contributed by atoms with Crippen LogP contribution in [0.2, 0.25) is 10.0 Å². The van der Waals surface area contributed by atoms with Gasteiger partial charge in [-0.2, -0.15) is 0 Å². The Labute approximate surface area is 171 Å². The number of aromatic nitrogens is 1. The number of fused-ring (bicyclic) bond motifs is 1. The van der Waals surface area contributed by atoms with Crippen LogP contribution in [0.1, 0.15) is 23.2 Å². The van der Waals surface area contributed by atoms with Crippen LogP contribution in [0.3, 0.4) is 0 Å². The summed E-state index contributed by atoms with van der Waals surface area (Å²) in [5, 5.41) is 6.29. The fourth-order valence-electron chi connectivity index (χ4n) is 3.48. The van der Waals surface area contributed by atoms with Crippen LogP contribution < -0.4 is 5.32 Å². The molecular formula is C22H27Cl2N3. The van der Waals surface area contributed by atoms with E-state index in [-0.39, 0.29) is 0 Å². The van der Waals surface area contributed by atoms with E-state index in [1.54, 1.807) is 0 Å². The van der Waals surface area contributed by atoms with E-state index in [0.29, 0.717) is 10.0 Å². The van der Waals surface area contributed by atoms with Gasteiger partial charge in [-0.3, -0.25) is 0 Å². The SMILES string of the molecule is Cc1c(CNCCCN(C)C)c2ccccc2n1Cc1ccc(Cl)cc1Cl. The van der Waals surface area contributed by atoms with Crippen LogP contribution in [0.4, 0.5) is 0 Å². The van der Waals surface area contributed by atoms with Crippen LogP contribution in [-0.2, 0) is 13.1 Å². The predicted molar refractivity (Wildman–Crippen MR) is 117 cm³/mol. The number of rotatable bonds is 8. The Morgan fingerprint density at radius 2 is 1.85 bits per heavy atom. The van der Waals surface area contributed by atoms with E-state index in [4.69, 9.17) is 23.2 Å². The molecule has 0 unspecified atom stereocenters. The Hall–Kier alpha value is -1.52. The van der Waals surface area contributed by atoms with Gasteiger partial charge in [0.05, 0.1) is 0 Å². The standard InChI is InChI=1S/C22H27Cl2N3/c1-16-20(14-25-11-6-12-26(2)3)19-7-4-5-8-22(19)27(16)15-17-9-10-18(23)13-21(17)24/h4-5,7-10,13,25H,6,11-12,14-15H2,1-3H3. The van der Waals surface area contributed by atoms with Crippen molar-refractivity contribution in [2.45, 2.75) is 26.4 Å². The van der Waals surface area contributed by atoms with Crippen molar-refractivity contribution in [3.63, 3.8) is 0 Å². The summed E-state index contributed by atoms with van der Waals surface area (Å²) < 4.78 is 2.35. The van der Waals surface area contributed by atoms with E-state index in [2.05, 4.69) is 60.1 Å². The lowest BCUT2D eigenvalue weighted by atomic mass is 10.1. The fraction of sp³-hybridized carbons (Fsp3) is 0.364. The molecule has 27 heavy (non-hydrogen) atoms. The van der Waals surface area contributed by atoms with Crippen LogP contribution in [0.5, 0.6) is 0 Å². The number of halogens is 2. The number of benzene rings is 2. The second-order valence-corrected chi connectivity index (χ2v) is 8.08. The molecule has 3 rings (SSSR count). The van der Waals surface area contributed by atoms with Crippen molar-refractivity contribution in [3.05, 3.63) is 69.3 Å². The Morgan fingerprint density at radius 1 is 1.07 bits per heavy atom. The van der Waals surface area contributed by atoms with Gasteiger partial charge in [0, 0.05) is 39.7 Å². The van der Waals surface area contributed by atoms with Gasteiger partial charge in [-0.25, -0.2) is 0 Å². The van der Waals surface area contributed by atoms with Gasteiger partial charge in [0.15, 0.2) is 0 Å². The first-order chi connectivity index (χ1) is 13.0. The van der Waals surface area contributed by atoms with Gasteiger partial charge >= 0.3 is 0 Å². The minimum absolute atomic E-state index is 0.667.